The van der Waals surface area contributed by atoms with E-state index in [-0.39, 0.29) is 0 Å². The molecule has 3 aromatic rings. The molecule has 1 aromatic carbocycles. The number of hydrogen-bond donors (Lipinski definition) is 3. The lowest BCUT2D eigenvalue weighted by molar-refractivity contribution is -0.124. The zero-order chi connectivity index (χ0) is 20.1. The van der Waals surface area contributed by atoms with E-state index >= 15 is 0 Å². The summed E-state index contributed by atoms with van der Waals surface area (Å²) < 4.78 is 7.68. The Kier molecular flexibility index (Phi) is 4.23. The van der Waals surface area contributed by atoms with Crippen molar-refractivity contribution in [3.8, 4) is 11.1 Å². The summed E-state index contributed by atoms with van der Waals surface area (Å²) >= 11 is 0. The maximum Gasteiger partial charge on any atom is 0.256 e. The third-order valence-electron chi connectivity index (χ3n) is 5.20. The van der Waals surface area contributed by atoms with Crippen molar-refractivity contribution < 1.29 is 19.1 Å². The zero-order valence-corrected chi connectivity index (χ0v) is 15.7. The summed E-state index contributed by atoms with van der Waals surface area (Å²) in [4.78, 5) is 24.5. The van der Waals surface area contributed by atoms with Gasteiger partial charge in [-0.05, 0) is 44.4 Å². The van der Waals surface area contributed by atoms with Crippen molar-refractivity contribution in [2.24, 2.45) is 5.73 Å². The zero-order valence-electron chi connectivity index (χ0n) is 15.7. The average Bonchev–Trinajstić information content (AvgIpc) is 3.29. The number of benzene rings is 1. The van der Waals surface area contributed by atoms with Gasteiger partial charge in [-0.15, -0.1) is 0 Å². The lowest BCUT2D eigenvalue weighted by Crippen LogP contribution is -2.57. The number of nitrogens with two attached hydrogens (primary N) is 1. The number of aryl methyl sites for hydroxylation is 1. The van der Waals surface area contributed by atoms with Crippen LogP contribution in [0.1, 0.15) is 41.9 Å². The topological polar surface area (TPSA) is 123 Å². The summed E-state index contributed by atoms with van der Waals surface area (Å²) in [7, 11) is 0. The van der Waals surface area contributed by atoms with Gasteiger partial charge in [-0.3, -0.25) is 14.3 Å². The normalized spacial score (nSPS) is 16.1. The van der Waals surface area contributed by atoms with Gasteiger partial charge in [-0.1, -0.05) is 6.07 Å². The van der Waals surface area contributed by atoms with Crippen molar-refractivity contribution in [3.05, 3.63) is 41.9 Å². The van der Waals surface area contributed by atoms with Gasteiger partial charge in [0.2, 0.25) is 5.91 Å². The first-order chi connectivity index (χ1) is 13.3. The highest BCUT2D eigenvalue weighted by atomic mass is 16.3. The van der Waals surface area contributed by atoms with Gasteiger partial charge in [0.05, 0.1) is 24.4 Å². The number of primary amides is 1. The van der Waals surface area contributed by atoms with Crippen LogP contribution in [0.3, 0.4) is 0 Å². The summed E-state index contributed by atoms with van der Waals surface area (Å²) in [5.41, 5.74) is 6.50. The van der Waals surface area contributed by atoms with Crippen molar-refractivity contribution in [1.82, 2.24) is 15.1 Å². The fourth-order valence-electron chi connectivity index (χ4n) is 3.20. The summed E-state index contributed by atoms with van der Waals surface area (Å²) in [5, 5.41) is 17.0. The monoisotopic (exact) mass is 382 g/mol. The molecule has 1 saturated carbocycles. The quantitative estimate of drug-likeness (QED) is 0.601. The minimum atomic E-state index is -1.56. The van der Waals surface area contributed by atoms with Crippen molar-refractivity contribution in [2.75, 3.05) is 6.61 Å². The summed E-state index contributed by atoms with van der Waals surface area (Å²) in [6.07, 6.45) is 6.10. The Hall–Kier alpha value is -3.13. The molecule has 0 saturated heterocycles. The average molecular weight is 382 g/mol. The second kappa shape index (κ2) is 6.49. The lowest BCUT2D eigenvalue weighted by Gasteiger charge is -2.24. The Morgan fingerprint density at radius 1 is 1.39 bits per heavy atom. The number of amides is 2. The number of aliphatic hydroxyl groups is 1. The number of hydrogen-bond acceptors (Lipinski definition) is 5. The summed E-state index contributed by atoms with van der Waals surface area (Å²) in [5.74, 6) is -0.928. The van der Waals surface area contributed by atoms with Crippen LogP contribution in [0.4, 0.5) is 0 Å². The Bertz CT molecular complexity index is 1080. The molecule has 4 N–H and O–H groups in total. The number of fused-ring (bicyclic) bond motifs is 1. The van der Waals surface area contributed by atoms with Crippen LogP contribution in [0.15, 0.2) is 35.0 Å². The van der Waals surface area contributed by atoms with Gasteiger partial charge in [-0.2, -0.15) is 5.10 Å². The van der Waals surface area contributed by atoms with E-state index in [1.54, 1.807) is 6.92 Å². The van der Waals surface area contributed by atoms with Crippen molar-refractivity contribution in [2.45, 2.75) is 38.3 Å². The number of furan rings is 1. The third-order valence-corrected chi connectivity index (χ3v) is 5.20. The van der Waals surface area contributed by atoms with E-state index in [9.17, 15) is 14.7 Å². The molecule has 0 aliphatic heterocycles. The van der Waals surface area contributed by atoms with Gasteiger partial charge >= 0.3 is 0 Å². The second-order valence-corrected chi connectivity index (χ2v) is 7.49. The molecule has 146 valence electrons. The van der Waals surface area contributed by atoms with Gasteiger partial charge in [0, 0.05) is 17.1 Å². The van der Waals surface area contributed by atoms with E-state index in [4.69, 9.17) is 10.2 Å². The molecule has 8 nitrogen and oxygen atoms in total. The van der Waals surface area contributed by atoms with Gasteiger partial charge in [-0.25, -0.2) is 0 Å². The molecule has 2 aromatic heterocycles. The molecule has 0 radical (unpaired) electrons. The van der Waals surface area contributed by atoms with Crippen molar-refractivity contribution in [3.63, 3.8) is 0 Å². The molecule has 1 atom stereocenters. The van der Waals surface area contributed by atoms with E-state index in [0.29, 0.717) is 28.3 Å². The van der Waals surface area contributed by atoms with Crippen LogP contribution in [-0.2, 0) is 4.79 Å². The first-order valence-corrected chi connectivity index (χ1v) is 9.13. The second-order valence-electron chi connectivity index (χ2n) is 7.49. The standard InChI is InChI=1S/C20H22N4O4/c1-11-17(18(26)23-20(2,10-25)19(21)27)15-7-12(3-6-16(15)28-11)13-8-22-24(9-13)14-4-5-14/h3,6-9,14,25H,4-5,10H2,1-2H3,(H2,21,27)(H,23,26)/t20-/m0/s1. The molecule has 1 aliphatic carbocycles. The van der Waals surface area contributed by atoms with Crippen LogP contribution in [-0.4, -0.2) is 38.8 Å². The summed E-state index contributed by atoms with van der Waals surface area (Å²) in [6.45, 7) is 2.46. The van der Waals surface area contributed by atoms with Gasteiger partial charge in [0.25, 0.3) is 5.91 Å². The van der Waals surface area contributed by atoms with Gasteiger partial charge < -0.3 is 20.6 Å². The Labute approximate surface area is 161 Å². The predicted octanol–water partition coefficient (Wildman–Crippen LogP) is 1.91. The molecule has 0 bridgehead atoms. The van der Waals surface area contributed by atoms with Crippen LogP contribution in [0.25, 0.3) is 22.1 Å². The molecular weight excluding hydrogens is 360 g/mol. The molecule has 0 spiro atoms. The number of rotatable bonds is 6. The number of aliphatic hydroxyl groups excluding tert-OH is 1. The van der Waals surface area contributed by atoms with Crippen molar-refractivity contribution in [1.29, 1.82) is 0 Å². The van der Waals surface area contributed by atoms with E-state index in [2.05, 4.69) is 10.4 Å². The molecule has 28 heavy (non-hydrogen) atoms. The van der Waals surface area contributed by atoms with Gasteiger partial charge in [0.1, 0.15) is 16.9 Å². The molecule has 2 amide bonds. The van der Waals surface area contributed by atoms with Crippen LogP contribution in [0, 0.1) is 6.92 Å². The third kappa shape index (κ3) is 3.05. The number of nitrogens with zero attached hydrogens (tertiary/aromatic N) is 2. The van der Waals surface area contributed by atoms with Crippen LogP contribution < -0.4 is 11.1 Å². The van der Waals surface area contributed by atoms with Crippen LogP contribution in [0.5, 0.6) is 0 Å². The lowest BCUT2D eigenvalue weighted by atomic mass is 10.0. The maximum absolute atomic E-state index is 12.9. The first-order valence-electron chi connectivity index (χ1n) is 9.13. The van der Waals surface area contributed by atoms with E-state index in [0.717, 1.165) is 24.0 Å². The largest absolute Gasteiger partial charge is 0.461 e. The highest BCUT2D eigenvalue weighted by molar-refractivity contribution is 6.09. The Morgan fingerprint density at radius 2 is 2.14 bits per heavy atom. The smallest absolute Gasteiger partial charge is 0.256 e. The Morgan fingerprint density at radius 3 is 2.79 bits per heavy atom. The van der Waals surface area contributed by atoms with E-state index in [1.165, 1.54) is 6.92 Å². The van der Waals surface area contributed by atoms with Crippen LogP contribution >= 0.6 is 0 Å². The highest BCUT2D eigenvalue weighted by Gasteiger charge is 2.34. The van der Waals surface area contributed by atoms with E-state index in [1.807, 2.05) is 35.3 Å². The maximum atomic E-state index is 12.9. The number of carbonyl (C=O) groups is 2. The molecule has 8 heteroatoms. The fraction of sp³-hybridized carbons (Fsp3) is 0.350. The number of carbonyl (C=O) groups excluding carboxylic acids is 2. The van der Waals surface area contributed by atoms with Gasteiger partial charge in [0.15, 0.2) is 0 Å². The predicted molar refractivity (Wildman–Crippen MR) is 103 cm³/mol. The number of aromatic nitrogens is 2. The number of nitrogens with one attached hydrogen (secondary N) is 1. The SMILES string of the molecule is Cc1oc2ccc(-c3cnn(C4CC4)c3)cc2c1C(=O)N[C@@](C)(CO)C(N)=O. The molecular formula is C20H22N4O4. The Balaban J connectivity index is 1.72. The first kappa shape index (κ1) is 18.2. The van der Waals surface area contributed by atoms with E-state index < -0.39 is 24.0 Å². The molecule has 0 unspecified atom stereocenters. The molecule has 4 rings (SSSR count). The van der Waals surface area contributed by atoms with Crippen molar-refractivity contribution >= 4 is 22.8 Å². The fourth-order valence-corrected chi connectivity index (χ4v) is 3.20. The molecule has 1 aliphatic rings. The highest BCUT2D eigenvalue weighted by Crippen LogP contribution is 2.36. The van der Waals surface area contributed by atoms with Crippen LogP contribution in [0.2, 0.25) is 0 Å². The summed E-state index contributed by atoms with van der Waals surface area (Å²) in [6, 6.07) is 6.08. The minimum absolute atomic E-state index is 0.312. The molecule has 1 fully saturated rings. The molecule has 2 heterocycles. The minimum Gasteiger partial charge on any atom is -0.461 e.